The number of fused-ring (bicyclic) bond motifs is 3. The van der Waals surface area contributed by atoms with Crippen LogP contribution in [0, 0.1) is 29.6 Å². The number of amides is 1. The molecular weight excluding hydrogens is 910 g/mol. The lowest BCUT2D eigenvalue weighted by Crippen LogP contribution is -2.63. The second-order valence-electron chi connectivity index (χ2n) is 20.5. The van der Waals surface area contributed by atoms with Crippen LogP contribution in [0.25, 0.3) is 0 Å². The summed E-state index contributed by atoms with van der Waals surface area (Å²) in [7, 11) is 1.67. The minimum Gasteiger partial charge on any atom is -0.460 e. The van der Waals surface area contributed by atoms with Gasteiger partial charge < -0.3 is 48.4 Å². The Bertz CT molecular complexity index is 1940. The number of nitrogens with zero attached hydrogens (tertiary/aromatic N) is 1. The van der Waals surface area contributed by atoms with E-state index in [0.29, 0.717) is 50.5 Å². The number of hydrogen-bond donors (Lipinski definition) is 3. The van der Waals surface area contributed by atoms with Crippen molar-refractivity contribution in [3.63, 3.8) is 0 Å². The first-order chi connectivity index (χ1) is 32.4. The van der Waals surface area contributed by atoms with Gasteiger partial charge in [0.15, 0.2) is 13.2 Å². The highest BCUT2D eigenvalue weighted by atomic mass is 31.2. The van der Waals surface area contributed by atoms with Crippen LogP contribution in [0.4, 0.5) is 0 Å². The Kier molecular flexibility index (Phi) is 22.4. The molecule has 0 radical (unpaired) electrons. The number of ketones is 3. The third kappa shape index (κ3) is 16.2. The Hall–Kier alpha value is -3.18. The first-order valence-electron chi connectivity index (χ1n) is 24.8. The molecule has 15 atom stereocenters. The van der Waals surface area contributed by atoms with Gasteiger partial charge in [0.25, 0.3) is 17.5 Å². The summed E-state index contributed by atoms with van der Waals surface area (Å²) >= 11 is 0. The predicted molar refractivity (Wildman–Crippen MR) is 260 cm³/mol. The smallest absolute Gasteiger partial charge is 0.329 e. The van der Waals surface area contributed by atoms with E-state index in [1.54, 1.807) is 47.3 Å². The van der Waals surface area contributed by atoms with Gasteiger partial charge in [-0.05, 0) is 107 Å². The van der Waals surface area contributed by atoms with Crippen LogP contribution < -0.4 is 0 Å². The summed E-state index contributed by atoms with van der Waals surface area (Å²) in [5, 5.41) is 34.2. The van der Waals surface area contributed by atoms with E-state index in [9.17, 15) is 43.9 Å². The summed E-state index contributed by atoms with van der Waals surface area (Å²) in [6.07, 6.45) is 7.99. The first kappa shape index (κ1) is 58.4. The van der Waals surface area contributed by atoms with E-state index in [4.69, 9.17) is 28.2 Å². The zero-order valence-corrected chi connectivity index (χ0v) is 43.8. The summed E-state index contributed by atoms with van der Waals surface area (Å²) in [6, 6.07) is -1.24. The van der Waals surface area contributed by atoms with Crippen LogP contribution in [-0.4, -0.2) is 151 Å². The van der Waals surface area contributed by atoms with Crippen molar-refractivity contribution in [3.8, 4) is 0 Å². The SMILES string of the molecule is COC1C[C@@H]2CCC(O)[C@@](O)(O2)C(=O)C(=O)N2CCCC[C@H]2C(=O)O[C@H]([C@H](C)C[C@@H]2CC[C@@H](OP(C)(C)=O)[C@H](OC)C2)CC(=O)[C@H](C)/C=C(\C)[C@@H](O)[C@@H](OC)C(=O)[C@H](C)C[C@H](C)/C=C/C=C/C=C/1C. The normalized spacial score (nSPS) is 39.0. The van der Waals surface area contributed by atoms with Gasteiger partial charge in [-0.3, -0.25) is 23.7 Å². The summed E-state index contributed by atoms with van der Waals surface area (Å²) in [6.45, 7) is 14.0. The van der Waals surface area contributed by atoms with Crippen molar-refractivity contribution in [1.82, 2.24) is 4.90 Å². The Labute approximate surface area is 410 Å². The number of piperidine rings is 1. The molecule has 3 N–H and O–H groups in total. The van der Waals surface area contributed by atoms with Crippen LogP contribution in [0.2, 0.25) is 0 Å². The van der Waals surface area contributed by atoms with Crippen LogP contribution in [0.1, 0.15) is 119 Å². The Morgan fingerprint density at radius 3 is 2.22 bits per heavy atom. The quantitative estimate of drug-likeness (QED) is 0.103. The molecule has 17 heteroatoms. The van der Waals surface area contributed by atoms with Gasteiger partial charge in [0.1, 0.15) is 36.2 Å². The molecule has 69 heavy (non-hydrogen) atoms. The number of aliphatic hydroxyl groups is 3. The molecule has 2 bridgehead atoms. The fourth-order valence-electron chi connectivity index (χ4n) is 10.3. The summed E-state index contributed by atoms with van der Waals surface area (Å²) < 4.78 is 47.8. The van der Waals surface area contributed by atoms with Gasteiger partial charge in [0.05, 0.1) is 24.4 Å². The molecular formula is C52H82NO15P. The summed E-state index contributed by atoms with van der Waals surface area (Å²) in [4.78, 5) is 71.8. The van der Waals surface area contributed by atoms with E-state index in [0.717, 1.165) is 10.5 Å². The number of rotatable bonds is 8. The molecule has 3 fully saturated rings. The van der Waals surface area contributed by atoms with Crippen molar-refractivity contribution >= 4 is 36.6 Å². The van der Waals surface area contributed by atoms with Crippen LogP contribution in [-0.2, 0) is 56.7 Å². The number of Topliss-reactive ketones (excluding diaryl/α,β-unsaturated/α-hetero) is 3. The molecule has 0 aromatic carbocycles. The average molecular weight is 992 g/mol. The molecule has 4 aliphatic rings. The zero-order chi connectivity index (χ0) is 51.4. The predicted octanol–water partition coefficient (Wildman–Crippen LogP) is 6.47. The van der Waals surface area contributed by atoms with Crippen molar-refractivity contribution in [2.24, 2.45) is 29.6 Å². The maximum absolute atomic E-state index is 14.4. The molecule has 4 rings (SSSR count). The Balaban J connectivity index is 1.70. The lowest BCUT2D eigenvalue weighted by Gasteiger charge is -2.42. The third-order valence-electron chi connectivity index (χ3n) is 14.5. The van der Waals surface area contributed by atoms with Crippen molar-refractivity contribution in [1.29, 1.82) is 0 Å². The highest BCUT2D eigenvalue weighted by Gasteiger charge is 2.54. The molecule has 3 aliphatic heterocycles. The third-order valence-corrected chi connectivity index (χ3v) is 15.2. The Morgan fingerprint density at radius 1 is 0.855 bits per heavy atom. The number of methoxy groups -OCH3 is 3. The maximum Gasteiger partial charge on any atom is 0.329 e. The van der Waals surface area contributed by atoms with E-state index < -0.39 is 91.2 Å². The summed E-state index contributed by atoms with van der Waals surface area (Å²) in [5.41, 5.74) is 1.17. The number of carbonyl (C=O) groups is 5. The molecule has 0 spiro atoms. The first-order valence-corrected chi connectivity index (χ1v) is 27.4. The number of ether oxygens (including phenoxy) is 5. The van der Waals surface area contributed by atoms with Gasteiger partial charge in [0, 0.05) is 65.9 Å². The number of allylic oxidation sites excluding steroid dienone is 6. The van der Waals surface area contributed by atoms with Crippen LogP contribution in [0.15, 0.2) is 47.6 Å². The second-order valence-corrected chi connectivity index (χ2v) is 23.2. The summed E-state index contributed by atoms with van der Waals surface area (Å²) in [5.74, 6) is -8.47. The minimum absolute atomic E-state index is 0.00416. The van der Waals surface area contributed by atoms with Crippen molar-refractivity contribution in [3.05, 3.63) is 47.6 Å². The van der Waals surface area contributed by atoms with Gasteiger partial charge in [0.2, 0.25) is 0 Å². The van der Waals surface area contributed by atoms with Crippen LogP contribution in [0.3, 0.4) is 0 Å². The van der Waals surface area contributed by atoms with E-state index in [2.05, 4.69) is 0 Å². The van der Waals surface area contributed by atoms with E-state index in [1.165, 1.54) is 14.2 Å². The lowest BCUT2D eigenvalue weighted by molar-refractivity contribution is -0.282. The van der Waals surface area contributed by atoms with E-state index in [-0.39, 0.29) is 74.3 Å². The second kappa shape index (κ2) is 26.5. The number of hydrogen-bond acceptors (Lipinski definition) is 15. The van der Waals surface area contributed by atoms with Gasteiger partial charge >= 0.3 is 5.97 Å². The standard InChI is InChI=1S/C52H82NO15P/c1-31-17-13-12-14-18-32(2)42(63-7)29-38-21-23-45(55)52(61,67-38)49(58)50(59)53-24-16-15-19-39(53)51(60)66-43(34(4)27-37-20-22-41(44(28-37)64-8)68-69(10,11)62)30-40(54)33(3)26-36(6)47(57)48(65-9)46(56)35(5)25-31/h12-14,17-18,26,31,33-35,37-39,41-45,47-48,55,57,61H,15-16,19-25,27-30H2,1-11H3/b14-12+,17-13+,32-18+,36-26+/t31-,33-,34-,35-,37+,38+,39+,41-,42?,43+,44-,45?,47-,48+,52-/m1/s1. The molecule has 3 heterocycles. The topological polar surface area (TPSA) is 222 Å². The molecule has 2 saturated heterocycles. The number of esters is 1. The zero-order valence-electron chi connectivity index (χ0n) is 42.9. The van der Waals surface area contributed by atoms with E-state index in [1.807, 2.05) is 51.2 Å². The lowest BCUT2D eigenvalue weighted by atomic mass is 9.78. The highest BCUT2D eigenvalue weighted by molar-refractivity contribution is 7.57. The Morgan fingerprint density at radius 2 is 1.57 bits per heavy atom. The van der Waals surface area contributed by atoms with Crippen LogP contribution >= 0.6 is 7.37 Å². The van der Waals surface area contributed by atoms with Gasteiger partial charge in [-0.2, -0.15) is 0 Å². The van der Waals surface area contributed by atoms with Gasteiger partial charge in [-0.1, -0.05) is 64.2 Å². The minimum atomic E-state index is -2.88. The molecule has 1 amide bonds. The van der Waals surface area contributed by atoms with Crippen molar-refractivity contribution in [2.75, 3.05) is 41.2 Å². The molecule has 390 valence electrons. The molecule has 1 aliphatic carbocycles. The fourth-order valence-corrected chi connectivity index (χ4v) is 11.2. The molecule has 2 unspecified atom stereocenters. The van der Waals surface area contributed by atoms with Gasteiger partial charge in [-0.25, -0.2) is 4.79 Å². The maximum atomic E-state index is 14.4. The van der Waals surface area contributed by atoms with Gasteiger partial charge in [-0.15, -0.1) is 0 Å². The number of carbonyl (C=O) groups excluding carboxylic acids is 5. The van der Waals surface area contributed by atoms with Crippen molar-refractivity contribution < 1.29 is 72.1 Å². The van der Waals surface area contributed by atoms with E-state index >= 15 is 0 Å². The number of cyclic esters (lactones) is 1. The molecule has 1 saturated carbocycles. The average Bonchev–Trinajstić information content (AvgIpc) is 3.30. The van der Waals surface area contributed by atoms with Crippen LogP contribution in [0.5, 0.6) is 0 Å². The molecule has 0 aromatic heterocycles. The van der Waals surface area contributed by atoms with Crippen molar-refractivity contribution in [2.45, 2.75) is 179 Å². The largest absolute Gasteiger partial charge is 0.460 e. The monoisotopic (exact) mass is 992 g/mol. The molecule has 0 aromatic rings. The fraction of sp³-hybridized carbons (Fsp3) is 0.750. The number of aliphatic hydroxyl groups excluding tert-OH is 2. The highest BCUT2D eigenvalue weighted by Crippen LogP contribution is 2.44. The molecule has 16 nitrogen and oxygen atoms in total.